The van der Waals surface area contributed by atoms with Crippen molar-refractivity contribution in [2.75, 3.05) is 17.1 Å². The van der Waals surface area contributed by atoms with E-state index in [4.69, 9.17) is 23.2 Å². The number of amides is 2. The average Bonchev–Trinajstić information content (AvgIpc) is 2.94. The van der Waals surface area contributed by atoms with Crippen LogP contribution in [0.2, 0.25) is 10.0 Å². The number of hydrogen-bond acceptors (Lipinski definition) is 4. The van der Waals surface area contributed by atoms with Gasteiger partial charge in [-0.1, -0.05) is 91.6 Å². The van der Waals surface area contributed by atoms with E-state index in [1.165, 1.54) is 4.90 Å². The first-order valence-corrected chi connectivity index (χ1v) is 16.2. The summed E-state index contributed by atoms with van der Waals surface area (Å²) < 4.78 is 27.2. The summed E-state index contributed by atoms with van der Waals surface area (Å²) in [5, 5.41) is 3.68. The summed E-state index contributed by atoms with van der Waals surface area (Å²) in [5.41, 5.74) is 2.52. The van der Waals surface area contributed by atoms with Crippen molar-refractivity contribution in [3.05, 3.63) is 99.5 Å². The molecule has 0 aromatic heterocycles. The Morgan fingerprint density at radius 1 is 0.902 bits per heavy atom. The molecule has 0 aliphatic carbocycles. The Hall–Kier alpha value is -3.07. The lowest BCUT2D eigenvalue weighted by Gasteiger charge is -2.34. The smallest absolute Gasteiger partial charge is 0.244 e. The van der Waals surface area contributed by atoms with Crippen LogP contribution in [0.4, 0.5) is 5.69 Å². The van der Waals surface area contributed by atoms with Gasteiger partial charge in [-0.2, -0.15) is 0 Å². The number of carbonyl (C=O) groups excluding carboxylic acids is 2. The summed E-state index contributed by atoms with van der Waals surface area (Å²) in [4.78, 5) is 29.4. The molecular weight excluding hydrogens is 581 g/mol. The molecule has 0 saturated carbocycles. The molecule has 0 saturated heterocycles. The summed E-state index contributed by atoms with van der Waals surface area (Å²) in [6, 6.07) is 20.4. The van der Waals surface area contributed by atoms with E-state index in [-0.39, 0.29) is 24.9 Å². The Kier molecular flexibility index (Phi) is 11.6. The minimum atomic E-state index is -3.86. The predicted molar refractivity (Wildman–Crippen MR) is 167 cm³/mol. The highest BCUT2D eigenvalue weighted by molar-refractivity contribution is 7.92. The Morgan fingerprint density at radius 2 is 1.51 bits per heavy atom. The maximum atomic E-state index is 14.2. The Morgan fingerprint density at radius 3 is 2.10 bits per heavy atom. The first-order valence-electron chi connectivity index (χ1n) is 13.6. The van der Waals surface area contributed by atoms with Crippen molar-refractivity contribution in [1.29, 1.82) is 0 Å². The number of carbonyl (C=O) groups is 2. The number of nitrogens with one attached hydrogen (secondary N) is 1. The quantitative estimate of drug-likeness (QED) is 0.260. The van der Waals surface area contributed by atoms with E-state index in [2.05, 4.69) is 5.32 Å². The molecule has 41 heavy (non-hydrogen) atoms. The molecule has 0 spiro atoms. The second kappa shape index (κ2) is 14.7. The van der Waals surface area contributed by atoms with Crippen LogP contribution in [0.15, 0.2) is 72.8 Å². The molecule has 0 radical (unpaired) electrons. The summed E-state index contributed by atoms with van der Waals surface area (Å²) >= 11 is 13.0. The van der Waals surface area contributed by atoms with Gasteiger partial charge in [0, 0.05) is 34.6 Å². The molecule has 3 aromatic rings. The number of benzene rings is 3. The van der Waals surface area contributed by atoms with Crippen LogP contribution in [0.1, 0.15) is 43.9 Å². The highest BCUT2D eigenvalue weighted by atomic mass is 35.5. The van der Waals surface area contributed by atoms with Crippen molar-refractivity contribution < 1.29 is 18.0 Å². The predicted octanol–water partition coefficient (Wildman–Crippen LogP) is 5.88. The molecule has 0 bridgehead atoms. The van der Waals surface area contributed by atoms with E-state index in [9.17, 15) is 18.0 Å². The molecule has 220 valence electrons. The molecule has 0 aliphatic rings. The molecule has 2 atom stereocenters. The average molecular weight is 619 g/mol. The molecule has 3 rings (SSSR count). The van der Waals surface area contributed by atoms with E-state index >= 15 is 0 Å². The summed E-state index contributed by atoms with van der Waals surface area (Å²) in [7, 11) is -3.86. The van der Waals surface area contributed by atoms with Crippen molar-refractivity contribution in [3.63, 3.8) is 0 Å². The highest BCUT2D eigenvalue weighted by Crippen LogP contribution is 2.29. The summed E-state index contributed by atoms with van der Waals surface area (Å²) in [6.07, 6.45) is 2.55. The fourth-order valence-electron chi connectivity index (χ4n) is 4.50. The Bertz CT molecular complexity index is 1430. The fourth-order valence-corrected chi connectivity index (χ4v) is 5.89. The Balaban J connectivity index is 2.13. The topological polar surface area (TPSA) is 86.8 Å². The lowest BCUT2D eigenvalue weighted by atomic mass is 10.0. The molecule has 0 aliphatic heterocycles. The van der Waals surface area contributed by atoms with Crippen LogP contribution in [0.25, 0.3) is 0 Å². The number of sulfonamides is 1. The molecule has 3 aromatic carbocycles. The summed E-state index contributed by atoms with van der Waals surface area (Å²) in [6.45, 7) is 5.18. The number of halogens is 2. The Labute approximate surface area is 253 Å². The zero-order valence-corrected chi connectivity index (χ0v) is 26.1. The van der Waals surface area contributed by atoms with Crippen LogP contribution in [0.3, 0.4) is 0 Å². The SMILES string of the molecule is CCc1ccccc1N(CC(=O)N(Cc1c(Cl)cccc1Cl)[C@@H](Cc1ccccc1)C(=O)N[C@H](C)CC)S(C)(=O)=O. The van der Waals surface area contributed by atoms with E-state index in [0.29, 0.717) is 34.1 Å². The van der Waals surface area contributed by atoms with Crippen LogP contribution in [0, 0.1) is 0 Å². The lowest BCUT2D eigenvalue weighted by molar-refractivity contribution is -0.140. The van der Waals surface area contributed by atoms with Gasteiger partial charge in [0.1, 0.15) is 12.6 Å². The molecule has 0 unspecified atom stereocenters. The van der Waals surface area contributed by atoms with Crippen molar-refractivity contribution in [2.45, 2.75) is 58.7 Å². The third-order valence-electron chi connectivity index (χ3n) is 6.98. The van der Waals surface area contributed by atoms with Gasteiger partial charge in [-0.25, -0.2) is 8.42 Å². The van der Waals surface area contributed by atoms with Gasteiger partial charge in [0.05, 0.1) is 11.9 Å². The van der Waals surface area contributed by atoms with Crippen molar-refractivity contribution in [1.82, 2.24) is 10.2 Å². The second-order valence-corrected chi connectivity index (χ2v) is 12.7. The van der Waals surface area contributed by atoms with E-state index in [1.807, 2.05) is 63.2 Å². The van der Waals surface area contributed by atoms with Crippen LogP contribution < -0.4 is 9.62 Å². The number of anilines is 1. The second-order valence-electron chi connectivity index (χ2n) is 10.00. The maximum absolute atomic E-state index is 14.2. The van der Waals surface area contributed by atoms with Gasteiger partial charge in [-0.3, -0.25) is 13.9 Å². The van der Waals surface area contributed by atoms with Crippen molar-refractivity contribution in [2.24, 2.45) is 0 Å². The first-order chi connectivity index (χ1) is 19.5. The minimum absolute atomic E-state index is 0.0875. The van der Waals surface area contributed by atoms with Gasteiger partial charge < -0.3 is 10.2 Å². The molecule has 0 fully saturated rings. The van der Waals surface area contributed by atoms with Gasteiger partial charge >= 0.3 is 0 Å². The van der Waals surface area contributed by atoms with Crippen molar-refractivity contribution in [3.8, 4) is 0 Å². The maximum Gasteiger partial charge on any atom is 0.244 e. The van der Waals surface area contributed by atoms with Crippen LogP contribution in [0.5, 0.6) is 0 Å². The van der Waals surface area contributed by atoms with E-state index < -0.39 is 28.5 Å². The molecule has 2 amide bonds. The van der Waals surface area contributed by atoms with Gasteiger partial charge in [0.2, 0.25) is 21.8 Å². The molecule has 10 heteroatoms. The van der Waals surface area contributed by atoms with Crippen molar-refractivity contribution >= 4 is 50.7 Å². The highest BCUT2D eigenvalue weighted by Gasteiger charge is 2.34. The van der Waals surface area contributed by atoms with Gasteiger partial charge in [0.15, 0.2) is 0 Å². The number of para-hydroxylation sites is 1. The number of nitrogens with zero attached hydrogens (tertiary/aromatic N) is 2. The zero-order chi connectivity index (χ0) is 30.2. The van der Waals surface area contributed by atoms with E-state index in [1.54, 1.807) is 30.3 Å². The third-order valence-corrected chi connectivity index (χ3v) is 8.82. The van der Waals surface area contributed by atoms with E-state index in [0.717, 1.165) is 21.7 Å². The monoisotopic (exact) mass is 617 g/mol. The number of aryl methyl sites for hydroxylation is 1. The molecule has 0 heterocycles. The minimum Gasteiger partial charge on any atom is -0.352 e. The number of hydrogen-bond donors (Lipinski definition) is 1. The number of rotatable bonds is 13. The third kappa shape index (κ3) is 8.71. The van der Waals surface area contributed by atoms with Crippen LogP contribution in [-0.2, 0) is 39.0 Å². The van der Waals surface area contributed by atoms with Gasteiger partial charge in [-0.15, -0.1) is 0 Å². The normalized spacial score (nSPS) is 12.8. The molecular formula is C31H37Cl2N3O4S. The first kappa shape index (κ1) is 32.4. The molecule has 1 N–H and O–H groups in total. The molecule has 7 nitrogen and oxygen atoms in total. The van der Waals surface area contributed by atoms with Gasteiger partial charge in [-0.05, 0) is 49.1 Å². The largest absolute Gasteiger partial charge is 0.352 e. The fraction of sp³-hybridized carbons (Fsp3) is 0.355. The zero-order valence-electron chi connectivity index (χ0n) is 23.8. The lowest BCUT2D eigenvalue weighted by Crippen LogP contribution is -2.54. The van der Waals surface area contributed by atoms with Crippen LogP contribution in [-0.4, -0.2) is 50.0 Å². The standard InChI is InChI=1S/C31H37Cl2N3O4S/c1-5-22(3)34-31(38)29(19-23-13-8-7-9-14-23)35(20-25-26(32)16-12-17-27(25)33)30(37)21-36(41(4,39)40)28-18-11-10-15-24(28)6-2/h7-18,22,29H,5-6,19-21H2,1-4H3,(H,34,38)/t22-,29+/m1/s1. The summed E-state index contributed by atoms with van der Waals surface area (Å²) in [5.74, 6) is -0.905. The van der Waals surface area contributed by atoms with Gasteiger partial charge in [0.25, 0.3) is 0 Å². The van der Waals surface area contributed by atoms with Crippen LogP contribution >= 0.6 is 23.2 Å².